The molecule has 664 valence electrons. The van der Waals surface area contributed by atoms with Crippen molar-refractivity contribution in [3.63, 3.8) is 0 Å². The molecule has 23 rings (SSSR count). The van der Waals surface area contributed by atoms with E-state index in [2.05, 4.69) is 393 Å². The van der Waals surface area contributed by atoms with Crippen LogP contribution >= 0.6 is 175 Å². The van der Waals surface area contributed by atoms with Crippen molar-refractivity contribution in [2.24, 2.45) is 0 Å². The summed E-state index contributed by atoms with van der Waals surface area (Å²) in [5, 5.41) is 27.5. The van der Waals surface area contributed by atoms with E-state index in [9.17, 15) is 0 Å². The molecule has 0 atom stereocenters. The molecule has 0 bridgehead atoms. The van der Waals surface area contributed by atoms with Gasteiger partial charge in [0.05, 0.1) is 5.01 Å². The molecule has 13 aromatic carbocycles. The molecule has 6 aliphatic heterocycles. The van der Waals surface area contributed by atoms with Gasteiger partial charge in [-0.15, -0.1) is 64.6 Å². The standard InChI is InChI=1S/6C14H12S2.C12H12S.C5H7NS.C4H6N4.C4H6N2S/c1-9-5-3-7-11-13(9)15-12-8-4-6-10(2)14(12)16-11;1-9-5-3-7-11-13(9)16-14-10(2)6-4-8-12(14)15-11;1-9-6-7-11-13(8-9)15-12-5-3-4-10(2)14(12)16-11;1-9-6-7-11-13(8-9)16-14-10(2)4-3-5-12(14)15-11;1-9-7-13-14(8-10(9)2)16-12-6-4-3-5-11(12)15-13;1-9-7-8-10(2)14-13(9)15-11-5-3-4-6-12(11)16-14;1-9-8-12(10(2)13-9)11-6-4-3-5-7-11;1-4-3-7-5(2)6-4;1-3-5-7-4(2)8-6-3;1-3-5-6-4(2)7-3/h6*3-8H,1-2H3;3-8H,1-2H3;3H,1-2H3;1-2H3;1-2H3. The number of hydrogen-bond donors (Lipinski definition) is 0. The first-order chi connectivity index (χ1) is 63.1. The summed E-state index contributed by atoms with van der Waals surface area (Å²) in [7, 11) is 0. The predicted octanol–water partition coefficient (Wildman–Crippen LogP) is 36.3. The van der Waals surface area contributed by atoms with Crippen molar-refractivity contribution < 1.29 is 0 Å². The van der Waals surface area contributed by atoms with Crippen LogP contribution in [0.5, 0.6) is 0 Å². The fourth-order valence-electron chi connectivity index (χ4n) is 13.8. The Morgan fingerprint density at radius 1 is 0.198 bits per heavy atom. The third kappa shape index (κ3) is 26.5. The Bertz CT molecular complexity index is 6570. The molecule has 0 saturated carbocycles. The summed E-state index contributed by atoms with van der Waals surface area (Å²) >= 11 is 27.9. The lowest BCUT2D eigenvalue weighted by molar-refractivity contribution is 0.767. The summed E-state index contributed by atoms with van der Waals surface area (Å²) in [6.45, 7) is 41.9. The summed E-state index contributed by atoms with van der Waals surface area (Å²) in [5.74, 6) is 1.21. The number of aromatic nitrogens is 7. The molecular weight excluding hydrogens is 1890 g/mol. The van der Waals surface area contributed by atoms with Gasteiger partial charge in [-0.2, -0.15) is 0 Å². The van der Waals surface area contributed by atoms with Crippen molar-refractivity contribution in [2.45, 2.75) is 256 Å². The van der Waals surface area contributed by atoms with Gasteiger partial charge in [-0.05, 0) is 319 Å². The van der Waals surface area contributed by atoms with Crippen LogP contribution in [0.2, 0.25) is 0 Å². The summed E-state index contributed by atoms with van der Waals surface area (Å²) in [4.78, 5) is 40.6. The summed E-state index contributed by atoms with van der Waals surface area (Å²) in [5.41, 5.74) is 20.3. The average molecular weight is 1990 g/mol. The highest BCUT2D eigenvalue weighted by Crippen LogP contribution is 2.56. The largest absolute Gasteiger partial charge is 0.247 e. The Hall–Kier alpha value is -8.11. The van der Waals surface area contributed by atoms with Gasteiger partial charge in [-0.25, -0.2) is 4.98 Å². The number of thiazole rings is 1. The number of hydrogen-bond acceptors (Lipinski definition) is 22. The Morgan fingerprint density at radius 3 is 0.840 bits per heavy atom. The maximum atomic E-state index is 4.13. The molecule has 0 aliphatic carbocycles. The monoisotopic (exact) mass is 1990 g/mol. The highest BCUT2D eigenvalue weighted by Gasteiger charge is 2.25. The predicted molar refractivity (Wildman–Crippen MR) is 571 cm³/mol. The minimum atomic E-state index is 0.607. The Balaban J connectivity index is 0.000000119. The first-order valence-corrected chi connectivity index (χ1v) is 55.0. The number of thiophene rings is 1. The first kappa shape index (κ1) is 98.9. The van der Waals surface area contributed by atoms with Gasteiger partial charge >= 0.3 is 0 Å². The van der Waals surface area contributed by atoms with Crippen molar-refractivity contribution in [1.82, 2.24) is 35.6 Å². The van der Waals surface area contributed by atoms with Gasteiger partial charge in [0.2, 0.25) is 0 Å². The Labute approximate surface area is 838 Å². The van der Waals surface area contributed by atoms with Gasteiger partial charge in [0.1, 0.15) is 10.0 Å². The number of aryl methyl sites for hydroxylation is 20. The lowest BCUT2D eigenvalue weighted by Gasteiger charge is -2.21. The second kappa shape index (κ2) is 46.9. The lowest BCUT2D eigenvalue weighted by atomic mass is 10.1. The smallest absolute Gasteiger partial charge is 0.170 e. The van der Waals surface area contributed by atoms with Crippen LogP contribution < -0.4 is 0 Å². The number of rotatable bonds is 1. The molecule has 0 fully saturated rings. The molecule has 7 nitrogen and oxygen atoms in total. The van der Waals surface area contributed by atoms with Gasteiger partial charge in [-0.3, -0.25) is 0 Å². The van der Waals surface area contributed by atoms with E-state index in [0.717, 1.165) is 20.7 Å². The molecule has 10 heterocycles. The molecule has 0 radical (unpaired) electrons. The van der Waals surface area contributed by atoms with E-state index in [1.165, 1.54) is 205 Å². The van der Waals surface area contributed by atoms with Crippen LogP contribution in [-0.2, 0) is 0 Å². The molecule has 131 heavy (non-hydrogen) atoms. The van der Waals surface area contributed by atoms with Crippen molar-refractivity contribution >= 4 is 175 Å². The van der Waals surface area contributed by atoms with E-state index in [0.29, 0.717) is 11.6 Å². The third-order valence-electron chi connectivity index (χ3n) is 20.8. The molecule has 0 amide bonds. The van der Waals surface area contributed by atoms with Crippen molar-refractivity contribution in [1.29, 1.82) is 0 Å². The minimum absolute atomic E-state index is 0.607. The zero-order chi connectivity index (χ0) is 92.5. The first-order valence-electron chi connectivity index (χ1n) is 42.7. The number of fused-ring (bicyclic) bond motifs is 12. The van der Waals surface area contributed by atoms with Crippen LogP contribution in [0.25, 0.3) is 11.1 Å². The highest BCUT2D eigenvalue weighted by atomic mass is 32.2. The zero-order valence-electron chi connectivity index (χ0n) is 77.1. The van der Waals surface area contributed by atoms with Crippen molar-refractivity contribution in [3.8, 4) is 11.1 Å². The lowest BCUT2D eigenvalue weighted by Crippen LogP contribution is -1.97. The normalized spacial score (nSPS) is 12.2. The van der Waals surface area contributed by atoms with Crippen LogP contribution in [0.4, 0.5) is 0 Å². The second-order valence-corrected chi connectivity index (χ2v) is 48.4. The number of benzene rings is 13. The maximum Gasteiger partial charge on any atom is 0.170 e. The maximum absolute atomic E-state index is 4.13. The van der Waals surface area contributed by atoms with Gasteiger partial charge < -0.3 is 0 Å². The minimum Gasteiger partial charge on any atom is -0.247 e. The van der Waals surface area contributed by atoms with E-state index in [1.54, 1.807) is 36.5 Å². The molecule has 17 aromatic rings. The van der Waals surface area contributed by atoms with Gasteiger partial charge in [0.25, 0.3) is 0 Å². The average Bonchev–Trinajstić information content (AvgIpc) is 1.56. The topological polar surface area (TPSA) is 90.2 Å². The molecule has 0 saturated heterocycles. The second-order valence-electron chi connectivity index (χ2n) is 31.7. The van der Waals surface area contributed by atoms with Gasteiger partial charge in [0, 0.05) is 138 Å². The summed E-state index contributed by atoms with van der Waals surface area (Å²) in [6, 6.07) is 91.8. The van der Waals surface area contributed by atoms with Crippen LogP contribution in [0.1, 0.15) is 109 Å². The molecule has 22 heteroatoms. The van der Waals surface area contributed by atoms with E-state index in [4.69, 9.17) is 0 Å². The molecule has 4 aromatic heterocycles. The summed E-state index contributed by atoms with van der Waals surface area (Å²) in [6.07, 6.45) is 0. The van der Waals surface area contributed by atoms with Crippen LogP contribution in [-0.4, -0.2) is 35.6 Å². The molecule has 0 unspecified atom stereocenters. The molecular formula is C109H103N7S15. The van der Waals surface area contributed by atoms with Crippen LogP contribution in [0.15, 0.2) is 378 Å². The fourth-order valence-corrected chi connectivity index (χ4v) is 30.9. The van der Waals surface area contributed by atoms with E-state index in [1.807, 2.05) is 180 Å². The van der Waals surface area contributed by atoms with Crippen LogP contribution in [0, 0.1) is 138 Å². The molecule has 0 spiro atoms. The van der Waals surface area contributed by atoms with E-state index in [-0.39, 0.29) is 0 Å². The molecule has 0 N–H and O–H groups in total. The number of nitrogens with zero attached hydrogens (tertiary/aromatic N) is 7. The van der Waals surface area contributed by atoms with Crippen molar-refractivity contribution in [2.75, 3.05) is 0 Å². The molecule has 6 aliphatic rings. The SMILES string of the molecule is Cc1cc(-c2ccccc2)c(C)s1.Cc1cc2c(cc1C)Sc1ccccc1S2.Cc1ccc(C)c2c1Sc1ccccc1S2.Cc1ccc2c(c1)Sc1c(C)cccc1S2.Cc1ccc2c(c1)Sc1cccc(C)c1S2.Cc1cccc2c1Sc1c(C)cccc1S2.Cc1cccc2c1Sc1cccc(C)c1S2.Cc1csc(C)n1.Cc1nnc(C)nn1.Cc1nnc(C)s1. The zero-order valence-corrected chi connectivity index (χ0v) is 89.3. The van der Waals surface area contributed by atoms with Gasteiger partial charge in [-0.1, -0.05) is 293 Å². The summed E-state index contributed by atoms with van der Waals surface area (Å²) < 4.78 is 0. The Kier molecular flexibility index (Phi) is 35.4. The van der Waals surface area contributed by atoms with Crippen molar-refractivity contribution in [3.05, 3.63) is 369 Å². The quantitative estimate of drug-likeness (QED) is 0.156. The van der Waals surface area contributed by atoms with Crippen LogP contribution in [0.3, 0.4) is 0 Å². The highest BCUT2D eigenvalue weighted by molar-refractivity contribution is 8.07. The van der Waals surface area contributed by atoms with E-state index < -0.39 is 0 Å². The third-order valence-corrected chi connectivity index (χ3v) is 39.9. The van der Waals surface area contributed by atoms with E-state index >= 15 is 0 Å². The Morgan fingerprint density at radius 2 is 0.489 bits per heavy atom. The van der Waals surface area contributed by atoms with Gasteiger partial charge in [0.15, 0.2) is 11.6 Å². The fraction of sp³-hybridized carbons (Fsp3) is 0.183.